The molecule has 3 nitrogen and oxygen atoms in total. The van der Waals surface area contributed by atoms with Crippen LogP contribution in [0.5, 0.6) is 0 Å². The predicted molar refractivity (Wildman–Crippen MR) is 83.6 cm³/mol. The molecule has 1 aromatic rings. The Balaban J connectivity index is 2.28. The molecule has 20 heavy (non-hydrogen) atoms. The zero-order valence-electron chi connectivity index (χ0n) is 13.3. The Morgan fingerprint density at radius 3 is 2.45 bits per heavy atom. The zero-order valence-corrected chi connectivity index (χ0v) is 13.3. The maximum Gasteiger partial charge on any atom is 0.119 e. The Morgan fingerprint density at radius 1 is 1.15 bits per heavy atom. The van der Waals surface area contributed by atoms with Crippen molar-refractivity contribution in [2.75, 3.05) is 0 Å². The first-order chi connectivity index (χ1) is 9.70. The summed E-state index contributed by atoms with van der Waals surface area (Å²) in [6.45, 7) is 6.40. The third kappa shape index (κ3) is 5.36. The summed E-state index contributed by atoms with van der Waals surface area (Å²) >= 11 is 0. The fourth-order valence-electron chi connectivity index (χ4n) is 2.63. The molecule has 0 saturated carbocycles. The highest BCUT2D eigenvalue weighted by atomic mass is 15.1. The lowest BCUT2D eigenvalue weighted by molar-refractivity contribution is 0.514. The first-order valence-electron chi connectivity index (χ1n) is 8.13. The number of rotatable bonds is 10. The van der Waals surface area contributed by atoms with Crippen molar-refractivity contribution in [2.24, 2.45) is 0 Å². The van der Waals surface area contributed by atoms with Crippen LogP contribution in [0.3, 0.4) is 0 Å². The maximum absolute atomic E-state index is 9.03. The second kappa shape index (κ2) is 9.58. The van der Waals surface area contributed by atoms with Gasteiger partial charge in [-0.3, -0.25) is 0 Å². The summed E-state index contributed by atoms with van der Waals surface area (Å²) in [7, 11) is 0. The van der Waals surface area contributed by atoms with Crippen LogP contribution >= 0.6 is 0 Å². The number of imidazole rings is 1. The van der Waals surface area contributed by atoms with Gasteiger partial charge in [0, 0.05) is 18.3 Å². The fourth-order valence-corrected chi connectivity index (χ4v) is 2.63. The van der Waals surface area contributed by atoms with E-state index >= 15 is 0 Å². The molecule has 0 radical (unpaired) electrons. The molecule has 1 rings (SSSR count). The molecule has 0 fully saturated rings. The number of hydrogen-bond donors (Lipinski definition) is 0. The van der Waals surface area contributed by atoms with Crippen molar-refractivity contribution in [2.45, 2.75) is 84.1 Å². The van der Waals surface area contributed by atoms with E-state index in [0.717, 1.165) is 5.82 Å². The standard InChI is InChI=1S/C17H29N3/c1-4-5-6-7-8-9-10-11-15(2)17-19-12-13-20(17)16(3)14-18/h12-13,15-16H,4-11H2,1-3H3. The van der Waals surface area contributed by atoms with Crippen molar-refractivity contribution in [3.8, 4) is 6.07 Å². The van der Waals surface area contributed by atoms with E-state index in [-0.39, 0.29) is 6.04 Å². The zero-order chi connectivity index (χ0) is 14.8. The molecule has 0 N–H and O–H groups in total. The normalized spacial score (nSPS) is 13.9. The summed E-state index contributed by atoms with van der Waals surface area (Å²) in [6.07, 6.45) is 14.3. The third-order valence-electron chi connectivity index (χ3n) is 3.98. The van der Waals surface area contributed by atoms with E-state index in [1.165, 1.54) is 51.4 Å². The predicted octanol–water partition coefficient (Wildman–Crippen LogP) is 5.21. The molecular formula is C17H29N3. The summed E-state index contributed by atoms with van der Waals surface area (Å²) < 4.78 is 2.01. The van der Waals surface area contributed by atoms with Crippen LogP contribution in [0.2, 0.25) is 0 Å². The average Bonchev–Trinajstić information content (AvgIpc) is 2.94. The lowest BCUT2D eigenvalue weighted by Crippen LogP contribution is -2.09. The van der Waals surface area contributed by atoms with Crippen LogP contribution in [0.4, 0.5) is 0 Å². The minimum atomic E-state index is -0.121. The van der Waals surface area contributed by atoms with Crippen LogP contribution in [0.25, 0.3) is 0 Å². The van der Waals surface area contributed by atoms with Gasteiger partial charge in [0.25, 0.3) is 0 Å². The van der Waals surface area contributed by atoms with Crippen molar-refractivity contribution in [1.29, 1.82) is 5.26 Å². The highest BCUT2D eigenvalue weighted by Gasteiger charge is 2.14. The van der Waals surface area contributed by atoms with Crippen LogP contribution in [-0.4, -0.2) is 9.55 Å². The molecule has 0 aliphatic carbocycles. The SMILES string of the molecule is CCCCCCCCCC(C)c1nccn1C(C)C#N. The van der Waals surface area contributed by atoms with Crippen LogP contribution in [-0.2, 0) is 0 Å². The van der Waals surface area contributed by atoms with E-state index in [0.29, 0.717) is 5.92 Å². The highest BCUT2D eigenvalue weighted by Crippen LogP contribution is 2.23. The van der Waals surface area contributed by atoms with Crippen LogP contribution in [0.1, 0.15) is 89.9 Å². The molecule has 112 valence electrons. The van der Waals surface area contributed by atoms with E-state index in [2.05, 4.69) is 24.9 Å². The minimum absolute atomic E-state index is 0.121. The van der Waals surface area contributed by atoms with E-state index < -0.39 is 0 Å². The van der Waals surface area contributed by atoms with Gasteiger partial charge in [-0.25, -0.2) is 4.98 Å². The second-order valence-corrected chi connectivity index (χ2v) is 5.81. The number of hydrogen-bond acceptors (Lipinski definition) is 2. The van der Waals surface area contributed by atoms with Gasteiger partial charge >= 0.3 is 0 Å². The fraction of sp³-hybridized carbons (Fsp3) is 0.765. The largest absolute Gasteiger partial charge is 0.318 e. The van der Waals surface area contributed by atoms with Gasteiger partial charge in [0.05, 0.1) is 6.07 Å². The second-order valence-electron chi connectivity index (χ2n) is 5.81. The molecule has 2 atom stereocenters. The summed E-state index contributed by atoms with van der Waals surface area (Å²) in [5.41, 5.74) is 0. The number of nitrogens with zero attached hydrogens (tertiary/aromatic N) is 3. The smallest absolute Gasteiger partial charge is 0.119 e. The molecule has 0 aromatic carbocycles. The van der Waals surface area contributed by atoms with Gasteiger partial charge in [-0.2, -0.15) is 5.26 Å². The maximum atomic E-state index is 9.03. The van der Waals surface area contributed by atoms with Crippen molar-refractivity contribution in [3.05, 3.63) is 18.2 Å². The van der Waals surface area contributed by atoms with Gasteiger partial charge in [0.2, 0.25) is 0 Å². The lowest BCUT2D eigenvalue weighted by Gasteiger charge is -2.15. The Kier molecular flexibility index (Phi) is 8.02. The van der Waals surface area contributed by atoms with Gasteiger partial charge in [-0.15, -0.1) is 0 Å². The molecule has 1 aromatic heterocycles. The molecule has 0 aliphatic heterocycles. The minimum Gasteiger partial charge on any atom is -0.318 e. The number of unbranched alkanes of at least 4 members (excludes halogenated alkanes) is 6. The van der Waals surface area contributed by atoms with E-state index in [1.54, 1.807) is 0 Å². The summed E-state index contributed by atoms with van der Waals surface area (Å²) in [4.78, 5) is 4.44. The molecule has 0 saturated heterocycles. The van der Waals surface area contributed by atoms with Gasteiger partial charge in [-0.1, -0.05) is 58.8 Å². The Morgan fingerprint density at radius 2 is 1.80 bits per heavy atom. The molecule has 1 heterocycles. The molecule has 3 heteroatoms. The third-order valence-corrected chi connectivity index (χ3v) is 3.98. The number of aromatic nitrogens is 2. The van der Waals surface area contributed by atoms with Crippen LogP contribution in [0.15, 0.2) is 12.4 Å². The average molecular weight is 275 g/mol. The topological polar surface area (TPSA) is 41.6 Å². The molecule has 0 amide bonds. The van der Waals surface area contributed by atoms with E-state index in [1.807, 2.05) is 23.9 Å². The summed E-state index contributed by atoms with van der Waals surface area (Å²) in [6, 6.07) is 2.16. The molecule has 2 unspecified atom stereocenters. The first kappa shape index (κ1) is 16.8. The Bertz CT molecular complexity index is 403. The van der Waals surface area contributed by atoms with Crippen molar-refractivity contribution in [1.82, 2.24) is 9.55 Å². The molecule has 0 spiro atoms. The highest BCUT2D eigenvalue weighted by molar-refractivity contribution is 5.04. The number of nitriles is 1. The van der Waals surface area contributed by atoms with E-state index in [9.17, 15) is 0 Å². The van der Waals surface area contributed by atoms with Crippen LogP contribution < -0.4 is 0 Å². The van der Waals surface area contributed by atoms with E-state index in [4.69, 9.17) is 5.26 Å². The van der Waals surface area contributed by atoms with Gasteiger partial charge < -0.3 is 4.57 Å². The van der Waals surface area contributed by atoms with Crippen molar-refractivity contribution >= 4 is 0 Å². The Hall–Kier alpha value is -1.30. The van der Waals surface area contributed by atoms with Gasteiger partial charge in [-0.05, 0) is 13.3 Å². The monoisotopic (exact) mass is 275 g/mol. The van der Waals surface area contributed by atoms with Gasteiger partial charge in [0.1, 0.15) is 11.9 Å². The quantitative estimate of drug-likeness (QED) is 0.550. The molecule has 0 bridgehead atoms. The Labute approximate surface area is 124 Å². The molecule has 0 aliphatic rings. The summed E-state index contributed by atoms with van der Waals surface area (Å²) in [5, 5.41) is 9.03. The first-order valence-corrected chi connectivity index (χ1v) is 8.13. The van der Waals surface area contributed by atoms with Gasteiger partial charge in [0.15, 0.2) is 0 Å². The van der Waals surface area contributed by atoms with Crippen LogP contribution in [0, 0.1) is 11.3 Å². The van der Waals surface area contributed by atoms with Crippen molar-refractivity contribution in [3.63, 3.8) is 0 Å². The van der Waals surface area contributed by atoms with Crippen molar-refractivity contribution < 1.29 is 0 Å². The summed E-state index contributed by atoms with van der Waals surface area (Å²) in [5.74, 6) is 1.50. The lowest BCUT2D eigenvalue weighted by atomic mass is 10.0. The molecular weight excluding hydrogens is 246 g/mol.